The minimum Gasteiger partial charge on any atom is -0.445 e. The van der Waals surface area contributed by atoms with Crippen LogP contribution in [0.5, 0.6) is 0 Å². The fourth-order valence-electron chi connectivity index (χ4n) is 2.81. The molecule has 17 heavy (non-hydrogen) atoms. The van der Waals surface area contributed by atoms with Gasteiger partial charge >= 0.3 is 6.09 Å². The second-order valence-corrected chi connectivity index (χ2v) is 5.14. The number of rotatable bonds is 2. The lowest BCUT2D eigenvalue weighted by Crippen LogP contribution is -2.67. The average Bonchev–Trinajstić information content (AvgIpc) is 2.34. The first-order valence-electron chi connectivity index (χ1n) is 6.23. The molecule has 0 radical (unpaired) electrons. The van der Waals surface area contributed by atoms with Crippen LogP contribution in [0.2, 0.25) is 0 Å². The largest absolute Gasteiger partial charge is 0.445 e. The van der Waals surface area contributed by atoms with E-state index in [1.165, 1.54) is 0 Å². The van der Waals surface area contributed by atoms with Crippen molar-refractivity contribution in [3.05, 3.63) is 35.9 Å². The van der Waals surface area contributed by atoms with Gasteiger partial charge in [-0.1, -0.05) is 37.3 Å². The van der Waals surface area contributed by atoms with Gasteiger partial charge in [0.15, 0.2) is 0 Å². The molecule has 0 aromatic heterocycles. The van der Waals surface area contributed by atoms with Gasteiger partial charge in [0, 0.05) is 12.6 Å². The van der Waals surface area contributed by atoms with Crippen molar-refractivity contribution in [3.63, 3.8) is 0 Å². The van der Waals surface area contributed by atoms with Crippen LogP contribution in [0.3, 0.4) is 0 Å². The minimum atomic E-state index is -0.151. The molecule has 1 heterocycles. The number of benzene rings is 1. The average molecular weight is 231 g/mol. The minimum absolute atomic E-state index is 0.151. The van der Waals surface area contributed by atoms with Gasteiger partial charge in [0.05, 0.1) is 0 Å². The quantitative estimate of drug-likeness (QED) is 0.783. The second-order valence-electron chi connectivity index (χ2n) is 5.14. The third kappa shape index (κ3) is 1.79. The molecule has 90 valence electrons. The van der Waals surface area contributed by atoms with Gasteiger partial charge in [0.2, 0.25) is 0 Å². The molecule has 3 heteroatoms. The normalized spacial score (nSPS) is 29.9. The van der Waals surface area contributed by atoms with Gasteiger partial charge in [-0.15, -0.1) is 0 Å². The van der Waals surface area contributed by atoms with Crippen molar-refractivity contribution in [2.45, 2.75) is 26.0 Å². The fraction of sp³-hybridized carbons (Fsp3) is 0.500. The molecule has 1 aromatic carbocycles. The van der Waals surface area contributed by atoms with Crippen LogP contribution < -0.4 is 0 Å². The number of carbonyl (C=O) groups excluding carboxylic acids is 1. The number of fused-ring (bicyclic) bond motifs is 1. The molecule has 2 aliphatic rings. The molecule has 1 saturated carbocycles. The Bertz CT molecular complexity index is 417. The van der Waals surface area contributed by atoms with Gasteiger partial charge in [-0.2, -0.15) is 0 Å². The molecular formula is C14H17NO2. The Kier molecular flexibility index (Phi) is 2.54. The monoisotopic (exact) mass is 231 g/mol. The van der Waals surface area contributed by atoms with Gasteiger partial charge in [-0.3, -0.25) is 0 Å². The van der Waals surface area contributed by atoms with E-state index in [9.17, 15) is 4.79 Å². The second kappa shape index (κ2) is 4.06. The van der Waals surface area contributed by atoms with E-state index < -0.39 is 0 Å². The van der Waals surface area contributed by atoms with Gasteiger partial charge in [-0.05, 0) is 23.8 Å². The lowest BCUT2D eigenvalue weighted by Gasteiger charge is -2.58. The first-order chi connectivity index (χ1) is 8.25. The summed E-state index contributed by atoms with van der Waals surface area (Å²) in [7, 11) is 0. The van der Waals surface area contributed by atoms with Crippen LogP contribution in [0.25, 0.3) is 0 Å². The highest BCUT2D eigenvalue weighted by Crippen LogP contribution is 2.46. The number of hydrogen-bond donors (Lipinski definition) is 0. The smallest absolute Gasteiger partial charge is 0.410 e. The molecular weight excluding hydrogens is 214 g/mol. The van der Waals surface area contributed by atoms with Crippen molar-refractivity contribution in [2.75, 3.05) is 6.54 Å². The molecule has 0 N–H and O–H groups in total. The van der Waals surface area contributed by atoms with Crippen molar-refractivity contribution < 1.29 is 9.53 Å². The number of nitrogens with zero attached hydrogens (tertiary/aromatic N) is 1. The Balaban J connectivity index is 1.49. The predicted molar refractivity (Wildman–Crippen MR) is 64.4 cm³/mol. The van der Waals surface area contributed by atoms with Crippen molar-refractivity contribution in [3.8, 4) is 0 Å². The molecule has 2 fully saturated rings. The molecule has 3 atom stereocenters. The van der Waals surface area contributed by atoms with E-state index in [0.717, 1.165) is 30.4 Å². The Morgan fingerprint density at radius 1 is 1.41 bits per heavy atom. The third-order valence-corrected chi connectivity index (χ3v) is 4.09. The number of piperidine rings is 1. The Labute approximate surface area is 101 Å². The van der Waals surface area contributed by atoms with Crippen molar-refractivity contribution >= 4 is 6.09 Å². The van der Waals surface area contributed by atoms with E-state index in [2.05, 4.69) is 6.92 Å². The summed E-state index contributed by atoms with van der Waals surface area (Å²) in [5.41, 5.74) is 1.04. The van der Waals surface area contributed by atoms with Crippen LogP contribution in [0.4, 0.5) is 4.79 Å². The number of likely N-dealkylation sites (tertiary alicyclic amines) is 1. The summed E-state index contributed by atoms with van der Waals surface area (Å²) in [5, 5.41) is 0. The van der Waals surface area contributed by atoms with Crippen LogP contribution in [0, 0.1) is 11.8 Å². The number of amides is 1. The van der Waals surface area contributed by atoms with Crippen LogP contribution >= 0.6 is 0 Å². The maximum absolute atomic E-state index is 11.8. The molecule has 0 bridgehead atoms. The van der Waals surface area contributed by atoms with Gasteiger partial charge in [0.25, 0.3) is 0 Å². The lowest BCUT2D eigenvalue weighted by molar-refractivity contribution is -0.0893. The van der Waals surface area contributed by atoms with Gasteiger partial charge < -0.3 is 9.64 Å². The van der Waals surface area contributed by atoms with E-state index >= 15 is 0 Å². The van der Waals surface area contributed by atoms with E-state index in [1.807, 2.05) is 35.2 Å². The summed E-state index contributed by atoms with van der Waals surface area (Å²) in [5.74, 6) is 1.53. The maximum Gasteiger partial charge on any atom is 0.410 e. The molecule has 1 aliphatic heterocycles. The van der Waals surface area contributed by atoms with Crippen LogP contribution in [0.1, 0.15) is 18.9 Å². The Morgan fingerprint density at radius 2 is 2.18 bits per heavy atom. The first kappa shape index (κ1) is 10.6. The molecule has 1 amide bonds. The summed E-state index contributed by atoms with van der Waals surface area (Å²) in [6, 6.07) is 10.3. The fourth-order valence-corrected chi connectivity index (χ4v) is 2.81. The number of ether oxygens (including phenoxy) is 1. The summed E-state index contributed by atoms with van der Waals surface area (Å²) in [4.78, 5) is 13.7. The van der Waals surface area contributed by atoms with Crippen LogP contribution in [-0.2, 0) is 11.3 Å². The molecule has 1 aliphatic carbocycles. The third-order valence-electron chi connectivity index (χ3n) is 4.09. The number of hydrogen-bond acceptors (Lipinski definition) is 2. The van der Waals surface area contributed by atoms with Gasteiger partial charge in [-0.25, -0.2) is 4.79 Å². The Hall–Kier alpha value is -1.51. The number of carbonyl (C=O) groups is 1. The summed E-state index contributed by atoms with van der Waals surface area (Å²) < 4.78 is 5.31. The van der Waals surface area contributed by atoms with Crippen LogP contribution in [-0.4, -0.2) is 23.6 Å². The molecule has 1 unspecified atom stereocenters. The maximum atomic E-state index is 11.8. The zero-order valence-corrected chi connectivity index (χ0v) is 10.0. The van der Waals surface area contributed by atoms with Crippen molar-refractivity contribution in [2.24, 2.45) is 11.8 Å². The molecule has 0 spiro atoms. The summed E-state index contributed by atoms with van der Waals surface area (Å²) in [6.45, 7) is 3.52. The van der Waals surface area contributed by atoms with E-state index in [4.69, 9.17) is 4.74 Å². The van der Waals surface area contributed by atoms with E-state index in [0.29, 0.717) is 12.6 Å². The highest BCUT2D eigenvalue weighted by atomic mass is 16.6. The standard InChI is InChI=1S/C14H17NO2/c1-10-7-13-12(10)8-15(13)14(16)17-9-11-5-3-2-4-6-11/h2-6,10,12-13H,7-9H2,1H3/t10-,12?,13-/m0/s1. The molecule has 1 saturated heterocycles. The topological polar surface area (TPSA) is 29.5 Å². The molecule has 3 rings (SSSR count). The highest BCUT2D eigenvalue weighted by molar-refractivity contribution is 5.69. The zero-order chi connectivity index (χ0) is 11.8. The van der Waals surface area contributed by atoms with E-state index in [-0.39, 0.29) is 6.09 Å². The first-order valence-corrected chi connectivity index (χ1v) is 6.23. The SMILES string of the molecule is C[C@H]1C[C@H]2C1CN2C(=O)OCc1ccccc1. The molecule has 1 aromatic rings. The van der Waals surface area contributed by atoms with Crippen LogP contribution in [0.15, 0.2) is 30.3 Å². The van der Waals surface area contributed by atoms with Crippen molar-refractivity contribution in [1.29, 1.82) is 0 Å². The highest BCUT2D eigenvalue weighted by Gasteiger charge is 2.53. The Morgan fingerprint density at radius 3 is 2.76 bits per heavy atom. The molecule has 3 nitrogen and oxygen atoms in total. The van der Waals surface area contributed by atoms with Gasteiger partial charge in [0.1, 0.15) is 6.61 Å². The predicted octanol–water partition coefficient (Wildman–Crippen LogP) is 2.66. The van der Waals surface area contributed by atoms with E-state index in [1.54, 1.807) is 0 Å². The summed E-state index contributed by atoms with van der Waals surface area (Å²) >= 11 is 0. The zero-order valence-electron chi connectivity index (χ0n) is 10.0. The summed E-state index contributed by atoms with van der Waals surface area (Å²) in [6.07, 6.45) is 0.993. The van der Waals surface area contributed by atoms with Crippen molar-refractivity contribution in [1.82, 2.24) is 4.90 Å². The lowest BCUT2D eigenvalue weighted by atomic mass is 9.64.